The maximum Gasteiger partial charge on any atom is 0.417 e. The molecule has 0 unspecified atom stereocenters. The normalized spacial score (nSPS) is 21.3. The highest BCUT2D eigenvalue weighted by Crippen LogP contribution is 2.36. The van der Waals surface area contributed by atoms with Crippen molar-refractivity contribution in [1.29, 1.82) is 0 Å². The van der Waals surface area contributed by atoms with Crippen LogP contribution in [0.15, 0.2) is 29.2 Å². The zero-order chi connectivity index (χ0) is 15.0. The molecule has 20 heavy (non-hydrogen) atoms. The Hall–Kier alpha value is -1.12. The molecule has 1 fully saturated rings. The predicted octanol–water partition coefficient (Wildman–Crippen LogP) is 1.67. The van der Waals surface area contributed by atoms with Crippen LogP contribution in [0.5, 0.6) is 0 Å². The fourth-order valence-corrected chi connectivity index (χ4v) is 4.02. The van der Waals surface area contributed by atoms with Crippen molar-refractivity contribution in [3.63, 3.8) is 0 Å². The van der Waals surface area contributed by atoms with Gasteiger partial charge in [0.25, 0.3) is 0 Å². The van der Waals surface area contributed by atoms with Crippen LogP contribution >= 0.6 is 0 Å². The monoisotopic (exact) mass is 308 g/mol. The Bertz CT molecular complexity index is 587. The molecule has 0 spiro atoms. The lowest BCUT2D eigenvalue weighted by Gasteiger charge is -2.19. The summed E-state index contributed by atoms with van der Waals surface area (Å²) >= 11 is 0. The molecular formula is C12H15F3N2O2S. The first-order valence-electron chi connectivity index (χ1n) is 6.13. The van der Waals surface area contributed by atoms with E-state index in [-0.39, 0.29) is 19.0 Å². The number of sulfonamides is 1. The second-order valence-electron chi connectivity index (χ2n) is 4.75. The zero-order valence-electron chi connectivity index (χ0n) is 10.6. The number of benzene rings is 1. The predicted molar refractivity (Wildman–Crippen MR) is 67.4 cm³/mol. The Morgan fingerprint density at radius 2 is 1.95 bits per heavy atom. The molecule has 4 nitrogen and oxygen atoms in total. The van der Waals surface area contributed by atoms with Crippen molar-refractivity contribution in [2.24, 2.45) is 11.7 Å². The first-order valence-corrected chi connectivity index (χ1v) is 7.57. The largest absolute Gasteiger partial charge is 0.417 e. The van der Waals surface area contributed by atoms with Crippen LogP contribution in [0.1, 0.15) is 12.0 Å². The molecule has 0 amide bonds. The van der Waals surface area contributed by atoms with Crippen LogP contribution in [-0.2, 0) is 16.2 Å². The minimum absolute atomic E-state index is 0.00261. The molecule has 2 N–H and O–H groups in total. The van der Waals surface area contributed by atoms with Crippen molar-refractivity contribution in [2.45, 2.75) is 17.5 Å². The summed E-state index contributed by atoms with van der Waals surface area (Å²) in [5.74, 6) is 0.00261. The van der Waals surface area contributed by atoms with Gasteiger partial charge in [-0.2, -0.15) is 17.5 Å². The van der Waals surface area contributed by atoms with Crippen molar-refractivity contribution in [1.82, 2.24) is 4.31 Å². The molecule has 1 atom stereocenters. The molecule has 1 saturated heterocycles. The third-order valence-corrected chi connectivity index (χ3v) is 5.32. The zero-order valence-corrected chi connectivity index (χ0v) is 11.4. The number of halogens is 3. The number of nitrogens with two attached hydrogens (primary N) is 1. The highest BCUT2D eigenvalue weighted by atomic mass is 32.2. The minimum atomic E-state index is -4.70. The lowest BCUT2D eigenvalue weighted by molar-refractivity contribution is -0.139. The van der Waals surface area contributed by atoms with Gasteiger partial charge in [-0.3, -0.25) is 0 Å². The SMILES string of the molecule is NC[C@H]1CCN(S(=O)(=O)c2ccccc2C(F)(F)F)C1. The Morgan fingerprint density at radius 3 is 2.50 bits per heavy atom. The summed E-state index contributed by atoms with van der Waals surface area (Å²) in [6.07, 6.45) is -4.12. The number of hydrogen-bond donors (Lipinski definition) is 1. The molecule has 0 bridgehead atoms. The summed E-state index contributed by atoms with van der Waals surface area (Å²) in [5.41, 5.74) is 4.35. The van der Waals surface area contributed by atoms with Gasteiger partial charge in [0.2, 0.25) is 10.0 Å². The van der Waals surface area contributed by atoms with Crippen molar-refractivity contribution in [3.8, 4) is 0 Å². The molecule has 0 saturated carbocycles. The molecule has 0 aliphatic carbocycles. The molecule has 1 aliphatic rings. The van der Waals surface area contributed by atoms with Crippen LogP contribution in [0.4, 0.5) is 13.2 Å². The van der Waals surface area contributed by atoms with Crippen molar-refractivity contribution < 1.29 is 21.6 Å². The second kappa shape index (κ2) is 5.34. The summed E-state index contributed by atoms with van der Waals surface area (Å²) in [7, 11) is -4.14. The molecule has 1 aliphatic heterocycles. The summed E-state index contributed by atoms with van der Waals surface area (Å²) in [5, 5.41) is 0. The van der Waals surface area contributed by atoms with Gasteiger partial charge in [0.15, 0.2) is 0 Å². The minimum Gasteiger partial charge on any atom is -0.330 e. The summed E-state index contributed by atoms with van der Waals surface area (Å²) < 4.78 is 64.5. The quantitative estimate of drug-likeness (QED) is 0.924. The van der Waals surface area contributed by atoms with Crippen molar-refractivity contribution >= 4 is 10.0 Å². The van der Waals surface area contributed by atoms with E-state index in [9.17, 15) is 21.6 Å². The molecule has 112 valence electrons. The van der Waals surface area contributed by atoms with E-state index in [4.69, 9.17) is 5.73 Å². The number of alkyl halides is 3. The van der Waals surface area contributed by atoms with E-state index >= 15 is 0 Å². The summed E-state index contributed by atoms with van der Waals surface area (Å²) in [6.45, 7) is 0.703. The van der Waals surface area contributed by atoms with Gasteiger partial charge in [-0.05, 0) is 31.0 Å². The van der Waals surface area contributed by atoms with Gasteiger partial charge in [-0.15, -0.1) is 0 Å². The van der Waals surface area contributed by atoms with Gasteiger partial charge >= 0.3 is 6.18 Å². The molecular weight excluding hydrogens is 293 g/mol. The van der Waals surface area contributed by atoms with E-state index in [0.29, 0.717) is 13.0 Å². The Morgan fingerprint density at radius 1 is 1.30 bits per heavy atom. The molecule has 1 aromatic rings. The third-order valence-electron chi connectivity index (χ3n) is 3.39. The summed E-state index contributed by atoms with van der Waals surface area (Å²) in [4.78, 5) is -0.690. The van der Waals surface area contributed by atoms with Gasteiger partial charge in [-0.25, -0.2) is 8.42 Å². The lowest BCUT2D eigenvalue weighted by atomic mass is 10.1. The average Bonchev–Trinajstić information content (AvgIpc) is 2.87. The first-order chi connectivity index (χ1) is 9.26. The Kier molecular flexibility index (Phi) is 4.08. The van der Waals surface area contributed by atoms with Gasteiger partial charge in [-0.1, -0.05) is 12.1 Å². The van der Waals surface area contributed by atoms with Crippen LogP contribution in [0.3, 0.4) is 0 Å². The maximum absolute atomic E-state index is 12.9. The number of nitrogens with zero attached hydrogens (tertiary/aromatic N) is 1. The average molecular weight is 308 g/mol. The lowest BCUT2D eigenvalue weighted by Crippen LogP contribution is -2.31. The van der Waals surface area contributed by atoms with Crippen molar-refractivity contribution in [3.05, 3.63) is 29.8 Å². The third kappa shape index (κ3) is 2.82. The van der Waals surface area contributed by atoms with E-state index in [0.717, 1.165) is 16.4 Å². The molecule has 0 aromatic heterocycles. The van der Waals surface area contributed by atoms with E-state index < -0.39 is 26.7 Å². The van der Waals surface area contributed by atoms with E-state index in [2.05, 4.69) is 0 Å². The molecule has 0 radical (unpaired) electrons. The molecule has 1 heterocycles. The number of hydrogen-bond acceptors (Lipinski definition) is 3. The number of rotatable bonds is 3. The fourth-order valence-electron chi connectivity index (χ4n) is 2.27. The van der Waals surface area contributed by atoms with Crippen LogP contribution in [0, 0.1) is 5.92 Å². The van der Waals surface area contributed by atoms with Gasteiger partial charge in [0, 0.05) is 13.1 Å². The van der Waals surface area contributed by atoms with E-state index in [1.54, 1.807) is 0 Å². The fraction of sp³-hybridized carbons (Fsp3) is 0.500. The second-order valence-corrected chi connectivity index (χ2v) is 6.65. The molecule has 2 rings (SSSR count). The highest BCUT2D eigenvalue weighted by molar-refractivity contribution is 7.89. The molecule has 8 heteroatoms. The first kappa shape index (κ1) is 15.3. The molecule has 1 aromatic carbocycles. The summed E-state index contributed by atoms with van der Waals surface area (Å²) in [6, 6.07) is 4.24. The Labute approximate surface area is 115 Å². The van der Waals surface area contributed by atoms with Crippen LogP contribution in [-0.4, -0.2) is 32.4 Å². The van der Waals surface area contributed by atoms with Gasteiger partial charge < -0.3 is 5.73 Å². The Balaban J connectivity index is 2.41. The standard InChI is InChI=1S/C12H15F3N2O2S/c13-12(14,15)10-3-1-2-4-11(10)20(18,19)17-6-5-9(7-16)8-17/h1-4,9H,5-8,16H2/t9-/m1/s1. The van der Waals surface area contributed by atoms with Crippen LogP contribution in [0.25, 0.3) is 0 Å². The maximum atomic E-state index is 12.9. The van der Waals surface area contributed by atoms with Gasteiger partial charge in [0.1, 0.15) is 0 Å². The van der Waals surface area contributed by atoms with Crippen LogP contribution in [0.2, 0.25) is 0 Å². The van der Waals surface area contributed by atoms with E-state index in [1.807, 2.05) is 0 Å². The van der Waals surface area contributed by atoms with Gasteiger partial charge in [0.05, 0.1) is 10.5 Å². The van der Waals surface area contributed by atoms with Crippen molar-refractivity contribution in [2.75, 3.05) is 19.6 Å². The highest BCUT2D eigenvalue weighted by Gasteiger charge is 2.40. The topological polar surface area (TPSA) is 63.4 Å². The van der Waals surface area contributed by atoms with Crippen LogP contribution < -0.4 is 5.73 Å². The van der Waals surface area contributed by atoms with E-state index in [1.165, 1.54) is 12.1 Å². The smallest absolute Gasteiger partial charge is 0.330 e.